The van der Waals surface area contributed by atoms with Gasteiger partial charge in [-0.1, -0.05) is 42.5 Å². The van der Waals surface area contributed by atoms with Gasteiger partial charge in [0.2, 0.25) is 10.0 Å². The number of nitrogens with one attached hydrogen (secondary N) is 1. The van der Waals surface area contributed by atoms with E-state index in [9.17, 15) is 8.42 Å². The Morgan fingerprint density at radius 2 is 1.61 bits per heavy atom. The number of aromatic nitrogens is 3. The lowest BCUT2D eigenvalue weighted by Gasteiger charge is -2.07. The lowest BCUT2D eigenvalue weighted by atomic mass is 10.1. The fourth-order valence-corrected chi connectivity index (χ4v) is 3.92. The van der Waals surface area contributed by atoms with Crippen LogP contribution in [0.15, 0.2) is 83.8 Å². The van der Waals surface area contributed by atoms with Gasteiger partial charge < -0.3 is 10.1 Å². The normalized spacial score (nSPS) is 11.5. The SMILES string of the molecule is COc1ccc(CNCc2nc(Cc3ccccc3)n(-c3ccc(S(N)(=O)=O)cc3)n2)cc1. The first-order chi connectivity index (χ1) is 15.9. The van der Waals surface area contributed by atoms with Crippen molar-refractivity contribution >= 4 is 10.0 Å². The van der Waals surface area contributed by atoms with Crippen molar-refractivity contribution in [3.05, 3.63) is 102 Å². The van der Waals surface area contributed by atoms with Crippen molar-refractivity contribution in [2.75, 3.05) is 7.11 Å². The lowest BCUT2D eigenvalue weighted by Crippen LogP contribution is -2.14. The average molecular weight is 464 g/mol. The number of sulfonamides is 1. The fourth-order valence-electron chi connectivity index (χ4n) is 3.41. The summed E-state index contributed by atoms with van der Waals surface area (Å²) in [6, 6.07) is 24.2. The molecule has 0 spiro atoms. The summed E-state index contributed by atoms with van der Waals surface area (Å²) >= 11 is 0. The van der Waals surface area contributed by atoms with E-state index in [0.717, 1.165) is 22.7 Å². The van der Waals surface area contributed by atoms with Crippen molar-refractivity contribution < 1.29 is 13.2 Å². The average Bonchev–Trinajstić information content (AvgIpc) is 3.22. The first-order valence-electron chi connectivity index (χ1n) is 10.4. The molecule has 0 aliphatic rings. The lowest BCUT2D eigenvalue weighted by molar-refractivity contribution is 0.414. The van der Waals surface area contributed by atoms with Crippen molar-refractivity contribution in [1.82, 2.24) is 20.1 Å². The molecule has 4 rings (SSSR count). The summed E-state index contributed by atoms with van der Waals surface area (Å²) in [6.45, 7) is 1.14. The van der Waals surface area contributed by atoms with Gasteiger partial charge in [0.1, 0.15) is 11.6 Å². The maximum Gasteiger partial charge on any atom is 0.238 e. The second kappa shape index (κ2) is 9.95. The highest BCUT2D eigenvalue weighted by atomic mass is 32.2. The highest BCUT2D eigenvalue weighted by molar-refractivity contribution is 7.89. The van der Waals surface area contributed by atoms with Crippen LogP contribution in [0.2, 0.25) is 0 Å². The molecule has 3 aromatic carbocycles. The number of rotatable bonds is 9. The van der Waals surface area contributed by atoms with Gasteiger partial charge in [0.25, 0.3) is 0 Å². The van der Waals surface area contributed by atoms with E-state index in [1.165, 1.54) is 12.1 Å². The molecule has 9 heteroatoms. The van der Waals surface area contributed by atoms with Crippen LogP contribution in [0.4, 0.5) is 0 Å². The number of nitrogens with zero attached hydrogens (tertiary/aromatic N) is 3. The fraction of sp³-hybridized carbons (Fsp3) is 0.167. The van der Waals surface area contributed by atoms with E-state index in [1.807, 2.05) is 54.6 Å². The van der Waals surface area contributed by atoms with Crippen molar-refractivity contribution in [1.29, 1.82) is 0 Å². The van der Waals surface area contributed by atoms with Gasteiger partial charge in [-0.2, -0.15) is 0 Å². The zero-order valence-corrected chi connectivity index (χ0v) is 19.0. The topological polar surface area (TPSA) is 112 Å². The molecule has 0 aliphatic heterocycles. The summed E-state index contributed by atoms with van der Waals surface area (Å²) in [6.07, 6.45) is 0.587. The van der Waals surface area contributed by atoms with Gasteiger partial charge in [0.05, 0.1) is 24.2 Å². The Hall–Kier alpha value is -3.53. The minimum absolute atomic E-state index is 0.0531. The van der Waals surface area contributed by atoms with Crippen LogP contribution in [0, 0.1) is 0 Å². The first kappa shape index (κ1) is 22.7. The third-order valence-electron chi connectivity index (χ3n) is 5.10. The Balaban J connectivity index is 1.55. The van der Waals surface area contributed by atoms with E-state index in [0.29, 0.717) is 31.0 Å². The van der Waals surface area contributed by atoms with Crippen molar-refractivity contribution in [3.63, 3.8) is 0 Å². The molecule has 0 saturated heterocycles. The van der Waals surface area contributed by atoms with E-state index in [1.54, 1.807) is 23.9 Å². The number of primary sulfonamides is 1. The van der Waals surface area contributed by atoms with Crippen molar-refractivity contribution in [3.8, 4) is 11.4 Å². The van der Waals surface area contributed by atoms with Gasteiger partial charge >= 0.3 is 0 Å². The minimum Gasteiger partial charge on any atom is -0.497 e. The minimum atomic E-state index is -3.76. The Kier molecular flexibility index (Phi) is 6.83. The van der Waals surface area contributed by atoms with E-state index >= 15 is 0 Å². The molecule has 0 saturated carbocycles. The molecule has 8 nitrogen and oxygen atoms in total. The number of benzene rings is 3. The summed E-state index contributed by atoms with van der Waals surface area (Å²) in [4.78, 5) is 4.79. The molecule has 0 atom stereocenters. The molecule has 170 valence electrons. The zero-order chi connectivity index (χ0) is 23.3. The van der Waals surface area contributed by atoms with Crippen LogP contribution in [0.25, 0.3) is 5.69 Å². The standard InChI is InChI=1S/C24H25N5O3S/c1-32-21-11-7-19(8-12-21)16-26-17-23-27-24(15-18-5-3-2-4-6-18)29(28-23)20-9-13-22(14-10-20)33(25,30)31/h2-14,26H,15-17H2,1H3,(H2,25,30,31). The molecule has 0 aliphatic carbocycles. The molecule has 0 unspecified atom stereocenters. The predicted molar refractivity (Wildman–Crippen MR) is 126 cm³/mol. The molecule has 0 amide bonds. The Morgan fingerprint density at radius 1 is 0.909 bits per heavy atom. The monoisotopic (exact) mass is 463 g/mol. The number of nitrogens with two attached hydrogens (primary N) is 1. The Morgan fingerprint density at radius 3 is 2.24 bits per heavy atom. The smallest absolute Gasteiger partial charge is 0.238 e. The molecule has 4 aromatic rings. The van der Waals surface area contributed by atoms with Crippen LogP contribution >= 0.6 is 0 Å². The summed E-state index contributed by atoms with van der Waals surface area (Å²) in [5, 5.41) is 13.3. The molecule has 0 fully saturated rings. The van der Waals surface area contributed by atoms with Gasteiger partial charge in [0.15, 0.2) is 5.82 Å². The molecule has 3 N–H and O–H groups in total. The van der Waals surface area contributed by atoms with Crippen molar-refractivity contribution in [2.45, 2.75) is 24.4 Å². The van der Waals surface area contributed by atoms with Gasteiger partial charge in [0, 0.05) is 13.0 Å². The highest BCUT2D eigenvalue weighted by Gasteiger charge is 2.14. The predicted octanol–water partition coefficient (Wildman–Crippen LogP) is 2.80. The number of hydrogen-bond donors (Lipinski definition) is 2. The van der Waals surface area contributed by atoms with Gasteiger partial charge in [-0.05, 0) is 47.5 Å². The second-order valence-electron chi connectivity index (χ2n) is 7.51. The van der Waals surface area contributed by atoms with E-state index in [4.69, 9.17) is 14.9 Å². The maximum atomic E-state index is 11.6. The van der Waals surface area contributed by atoms with Gasteiger partial charge in [-0.3, -0.25) is 0 Å². The van der Waals surface area contributed by atoms with E-state index in [-0.39, 0.29) is 4.90 Å². The summed E-state index contributed by atoms with van der Waals surface area (Å²) in [5.41, 5.74) is 2.94. The summed E-state index contributed by atoms with van der Waals surface area (Å²) in [5.74, 6) is 2.22. The number of methoxy groups -OCH3 is 1. The van der Waals surface area contributed by atoms with Crippen LogP contribution in [0.3, 0.4) is 0 Å². The maximum absolute atomic E-state index is 11.6. The largest absolute Gasteiger partial charge is 0.497 e. The molecule has 1 heterocycles. The second-order valence-corrected chi connectivity index (χ2v) is 9.07. The number of hydrogen-bond acceptors (Lipinski definition) is 6. The van der Waals surface area contributed by atoms with Crippen LogP contribution in [0.1, 0.15) is 22.8 Å². The molecular formula is C24H25N5O3S. The summed E-state index contributed by atoms with van der Waals surface area (Å²) < 4.78 is 30.1. The summed E-state index contributed by atoms with van der Waals surface area (Å²) in [7, 11) is -2.12. The molecular weight excluding hydrogens is 438 g/mol. The third-order valence-corrected chi connectivity index (χ3v) is 6.03. The molecule has 1 aromatic heterocycles. The van der Waals surface area contributed by atoms with Crippen LogP contribution < -0.4 is 15.2 Å². The molecule has 0 radical (unpaired) electrons. The third kappa shape index (κ3) is 5.83. The molecule has 0 bridgehead atoms. The van der Waals surface area contributed by atoms with E-state index in [2.05, 4.69) is 10.4 Å². The Labute approximate surface area is 193 Å². The quantitative estimate of drug-likeness (QED) is 0.395. The number of ether oxygens (including phenoxy) is 1. The van der Waals surface area contributed by atoms with Gasteiger partial charge in [-0.15, -0.1) is 5.10 Å². The van der Waals surface area contributed by atoms with E-state index < -0.39 is 10.0 Å². The van der Waals surface area contributed by atoms with Gasteiger partial charge in [-0.25, -0.2) is 23.2 Å². The first-order valence-corrected chi connectivity index (χ1v) is 11.9. The van der Waals surface area contributed by atoms with Crippen LogP contribution in [0.5, 0.6) is 5.75 Å². The zero-order valence-electron chi connectivity index (χ0n) is 18.2. The van der Waals surface area contributed by atoms with Crippen molar-refractivity contribution in [2.24, 2.45) is 5.14 Å². The molecule has 33 heavy (non-hydrogen) atoms. The van der Waals surface area contributed by atoms with Crippen LogP contribution in [-0.4, -0.2) is 30.3 Å². The highest BCUT2D eigenvalue weighted by Crippen LogP contribution is 2.17. The Bertz CT molecular complexity index is 1300. The van der Waals surface area contributed by atoms with Crippen LogP contribution in [-0.2, 0) is 29.5 Å².